The lowest BCUT2D eigenvalue weighted by Gasteiger charge is -2.53. The molecule has 1 saturated heterocycles. The van der Waals surface area contributed by atoms with Crippen molar-refractivity contribution in [3.63, 3.8) is 0 Å². The van der Waals surface area contributed by atoms with Gasteiger partial charge in [-0.05, 0) is 65.0 Å². The molecule has 11 heteroatoms. The van der Waals surface area contributed by atoms with Crippen molar-refractivity contribution in [2.45, 2.75) is 43.4 Å². The molecule has 0 aromatic heterocycles. The zero-order valence-corrected chi connectivity index (χ0v) is 22.5. The first-order valence-corrected chi connectivity index (χ1v) is 13.1. The fourth-order valence-electron chi connectivity index (χ4n) is 6.85. The third-order valence-electron chi connectivity index (χ3n) is 8.87. The van der Waals surface area contributed by atoms with Gasteiger partial charge in [-0.2, -0.15) is 0 Å². The van der Waals surface area contributed by atoms with Gasteiger partial charge >= 0.3 is 0 Å². The minimum Gasteiger partial charge on any atom is -0.508 e. The largest absolute Gasteiger partial charge is 0.508 e. The van der Waals surface area contributed by atoms with E-state index in [1.54, 1.807) is 32.3 Å². The van der Waals surface area contributed by atoms with E-state index < -0.39 is 63.6 Å². The molecule has 2 unspecified atom stereocenters. The van der Waals surface area contributed by atoms with E-state index in [-0.39, 0.29) is 30.0 Å². The van der Waals surface area contributed by atoms with E-state index in [2.05, 4.69) is 5.32 Å². The molecule has 3 aliphatic carbocycles. The summed E-state index contributed by atoms with van der Waals surface area (Å²) < 4.78 is 5.38. The molecule has 5 N–H and O–H groups in total. The molecule has 1 amide bonds. The molecule has 5 atom stereocenters. The summed E-state index contributed by atoms with van der Waals surface area (Å²) >= 11 is 0. The molecule has 5 rings (SSSR count). The summed E-state index contributed by atoms with van der Waals surface area (Å²) in [5.41, 5.74) is -4.90. The second-order valence-electron chi connectivity index (χ2n) is 11.3. The van der Waals surface area contributed by atoms with Crippen molar-refractivity contribution < 1.29 is 39.5 Å². The summed E-state index contributed by atoms with van der Waals surface area (Å²) in [6.07, 6.45) is 1.84. The van der Waals surface area contributed by atoms with Crippen molar-refractivity contribution in [3.05, 3.63) is 46.2 Å². The number of nitrogens with one attached hydrogen (secondary N) is 1. The summed E-state index contributed by atoms with van der Waals surface area (Å²) in [7, 11) is 4.55. The zero-order valence-electron chi connectivity index (χ0n) is 22.5. The van der Waals surface area contributed by atoms with Gasteiger partial charge in [-0.15, -0.1) is 0 Å². The Kier molecular flexibility index (Phi) is 6.61. The number of fused-ring (bicyclic) bond motifs is 3. The van der Waals surface area contributed by atoms with Crippen LogP contribution in [-0.4, -0.2) is 100 Å². The van der Waals surface area contributed by atoms with Gasteiger partial charge in [0, 0.05) is 17.4 Å². The van der Waals surface area contributed by atoms with E-state index in [4.69, 9.17) is 4.74 Å². The number of nitrogens with zero attached hydrogens (tertiary/aromatic N) is 2. The van der Waals surface area contributed by atoms with Gasteiger partial charge in [-0.25, -0.2) is 0 Å². The number of methoxy groups -OCH3 is 1. The molecule has 0 bridgehead atoms. The maximum Gasteiger partial charge on any atom is 0.259 e. The molecule has 11 nitrogen and oxygen atoms in total. The molecule has 1 heterocycles. The summed E-state index contributed by atoms with van der Waals surface area (Å²) in [4.78, 5) is 44.6. The smallest absolute Gasteiger partial charge is 0.259 e. The van der Waals surface area contributed by atoms with Crippen LogP contribution < -0.4 is 10.1 Å². The lowest BCUT2D eigenvalue weighted by molar-refractivity contribution is -0.159. The Balaban J connectivity index is 1.66. The number of Topliss-reactive ketones (excluding diaryl/α,β-unsaturated/α-hetero) is 2. The van der Waals surface area contributed by atoms with Crippen LogP contribution >= 0.6 is 0 Å². The van der Waals surface area contributed by atoms with Gasteiger partial charge in [0.15, 0.2) is 11.4 Å². The standard InChI is InChI=1S/C28H35N3O8/c1-27(37)14-8-7-9-17(39-4)18(14)22(32)19-15(27)12-16-21(30(2)3)23(33)20(25(35)28(16,38)24(19)34)26(36)29-13-31-10-5-6-11-31/h7-9,15-16,21,32,35,37-38H,5-6,10-13H2,1-4H3,(H,29,36)/t15?,16?,21-,27+,28-/m1/s1. The number of carbonyl (C=O) groups excluding carboxylic acids is 3. The Morgan fingerprint density at radius 1 is 1.18 bits per heavy atom. The number of hydrogen-bond acceptors (Lipinski definition) is 10. The lowest BCUT2D eigenvalue weighted by Crippen LogP contribution is -2.67. The van der Waals surface area contributed by atoms with Crippen LogP contribution in [0.5, 0.6) is 5.75 Å². The molecule has 1 saturated carbocycles. The van der Waals surface area contributed by atoms with Crippen LogP contribution in [0.15, 0.2) is 35.1 Å². The molecular formula is C28H35N3O8. The number of aliphatic hydroxyl groups is 4. The second kappa shape index (κ2) is 9.44. The van der Waals surface area contributed by atoms with Gasteiger partial charge in [0.2, 0.25) is 5.78 Å². The number of hydrogen-bond donors (Lipinski definition) is 5. The monoisotopic (exact) mass is 541 g/mol. The Hall–Kier alpha value is -3.25. The van der Waals surface area contributed by atoms with Crippen LogP contribution in [0.2, 0.25) is 0 Å². The van der Waals surface area contributed by atoms with E-state index in [0.717, 1.165) is 25.9 Å². The van der Waals surface area contributed by atoms with E-state index >= 15 is 0 Å². The minimum absolute atomic E-state index is 0.106. The second-order valence-corrected chi connectivity index (χ2v) is 11.3. The predicted octanol–water partition coefficient (Wildman–Crippen LogP) is 0.616. The van der Waals surface area contributed by atoms with Gasteiger partial charge in [0.25, 0.3) is 5.91 Å². The summed E-state index contributed by atoms with van der Waals surface area (Å²) in [6, 6.07) is 3.68. The van der Waals surface area contributed by atoms with E-state index in [9.17, 15) is 34.8 Å². The zero-order chi connectivity index (χ0) is 28.4. The number of benzene rings is 1. The number of ketones is 2. The Morgan fingerprint density at radius 3 is 2.46 bits per heavy atom. The van der Waals surface area contributed by atoms with E-state index in [0.29, 0.717) is 5.56 Å². The fraction of sp³-hybridized carbons (Fsp3) is 0.536. The summed E-state index contributed by atoms with van der Waals surface area (Å²) in [5, 5.41) is 49.1. The average Bonchev–Trinajstić information content (AvgIpc) is 3.41. The first-order valence-electron chi connectivity index (χ1n) is 13.1. The normalized spacial score (nSPS) is 32.7. The summed E-state index contributed by atoms with van der Waals surface area (Å²) in [5.74, 6) is -6.21. The SMILES string of the molecule is COc1cccc2c1C(O)=C1C(=O)[C@@]3(O)C(O)=C(C(=O)NCN4CCCC4)C(=O)[C@H](N(C)C)C3CC1[C@@]2(C)O. The predicted molar refractivity (Wildman–Crippen MR) is 140 cm³/mol. The van der Waals surface area contributed by atoms with Gasteiger partial charge < -0.3 is 30.5 Å². The molecule has 1 aromatic rings. The number of aliphatic hydroxyl groups excluding tert-OH is 2. The van der Waals surface area contributed by atoms with E-state index in [1.807, 2.05) is 4.90 Å². The third-order valence-corrected chi connectivity index (χ3v) is 8.87. The molecule has 0 spiro atoms. The van der Waals surface area contributed by atoms with Gasteiger partial charge in [-0.3, -0.25) is 24.2 Å². The Labute approximate surface area is 226 Å². The number of likely N-dealkylation sites (tertiary alicyclic amines) is 1. The lowest BCUT2D eigenvalue weighted by atomic mass is 9.54. The van der Waals surface area contributed by atoms with Gasteiger partial charge in [0.1, 0.15) is 22.8 Å². The van der Waals surface area contributed by atoms with Crippen LogP contribution in [-0.2, 0) is 20.0 Å². The van der Waals surface area contributed by atoms with Crippen molar-refractivity contribution in [1.82, 2.24) is 15.1 Å². The van der Waals surface area contributed by atoms with Crippen LogP contribution in [0.4, 0.5) is 0 Å². The summed E-state index contributed by atoms with van der Waals surface area (Å²) in [6.45, 7) is 3.22. The fourth-order valence-corrected chi connectivity index (χ4v) is 6.85. The highest BCUT2D eigenvalue weighted by molar-refractivity contribution is 6.25. The molecule has 1 aromatic carbocycles. The molecule has 210 valence electrons. The first-order chi connectivity index (χ1) is 18.4. The topological polar surface area (TPSA) is 160 Å². The van der Waals surface area contributed by atoms with Crippen LogP contribution in [0.25, 0.3) is 5.76 Å². The number of likely N-dealkylation sites (N-methyl/N-ethyl adjacent to an activating group) is 1. The first kappa shape index (κ1) is 27.3. The number of amides is 1. The number of rotatable bonds is 5. The maximum atomic E-state index is 14.2. The Bertz CT molecular complexity index is 1310. The van der Waals surface area contributed by atoms with Crippen molar-refractivity contribution in [3.8, 4) is 5.75 Å². The van der Waals surface area contributed by atoms with Crippen LogP contribution in [0.3, 0.4) is 0 Å². The average molecular weight is 542 g/mol. The molecule has 39 heavy (non-hydrogen) atoms. The Morgan fingerprint density at radius 2 is 1.85 bits per heavy atom. The van der Waals surface area contributed by atoms with Crippen molar-refractivity contribution >= 4 is 23.2 Å². The molecule has 1 aliphatic heterocycles. The van der Waals surface area contributed by atoms with Crippen molar-refractivity contribution in [2.75, 3.05) is 41.0 Å². The van der Waals surface area contributed by atoms with Crippen molar-refractivity contribution in [2.24, 2.45) is 11.8 Å². The molecule has 2 fully saturated rings. The van der Waals surface area contributed by atoms with Crippen LogP contribution in [0.1, 0.15) is 37.3 Å². The quantitative estimate of drug-likeness (QED) is 0.334. The number of carbonyl (C=O) groups is 3. The minimum atomic E-state index is -2.68. The molecule has 4 aliphatic rings. The molecular weight excluding hydrogens is 506 g/mol. The van der Waals surface area contributed by atoms with Gasteiger partial charge in [-0.1, -0.05) is 12.1 Å². The highest BCUT2D eigenvalue weighted by atomic mass is 16.5. The van der Waals surface area contributed by atoms with Gasteiger partial charge in [0.05, 0.1) is 31.0 Å². The third kappa shape index (κ3) is 3.82. The highest BCUT2D eigenvalue weighted by Gasteiger charge is 2.66. The number of ether oxygens (including phenoxy) is 1. The maximum absolute atomic E-state index is 14.2. The molecule has 0 radical (unpaired) electrons. The van der Waals surface area contributed by atoms with Crippen LogP contribution in [0, 0.1) is 11.8 Å². The highest BCUT2D eigenvalue weighted by Crippen LogP contribution is 2.57. The van der Waals surface area contributed by atoms with Crippen molar-refractivity contribution in [1.29, 1.82) is 0 Å². The van der Waals surface area contributed by atoms with E-state index in [1.165, 1.54) is 18.9 Å².